The predicted octanol–water partition coefficient (Wildman–Crippen LogP) is 1.00. The quantitative estimate of drug-likeness (QED) is 0.827. The summed E-state index contributed by atoms with van der Waals surface area (Å²) >= 11 is 0. The first-order valence-electron chi connectivity index (χ1n) is 8.64. The van der Waals surface area contributed by atoms with Crippen LogP contribution in [-0.2, 0) is 16.1 Å². The minimum Gasteiger partial charge on any atom is -0.371 e. The molecule has 2 aliphatic heterocycles. The molecule has 1 atom stereocenters. The third-order valence-electron chi connectivity index (χ3n) is 5.04. The molecule has 0 N–H and O–H groups in total. The van der Waals surface area contributed by atoms with Crippen molar-refractivity contribution in [3.8, 4) is 0 Å². The van der Waals surface area contributed by atoms with Crippen LogP contribution in [0.2, 0.25) is 0 Å². The van der Waals surface area contributed by atoms with E-state index in [9.17, 15) is 9.59 Å². The fraction of sp³-hybridized carbons (Fsp3) is 0.706. The smallest absolute Gasteiger partial charge is 0.272 e. The lowest BCUT2D eigenvalue weighted by Crippen LogP contribution is -2.46. The summed E-state index contributed by atoms with van der Waals surface area (Å²) in [5, 5.41) is 4.18. The van der Waals surface area contributed by atoms with E-state index >= 15 is 0 Å². The van der Waals surface area contributed by atoms with Gasteiger partial charge in [-0.15, -0.1) is 0 Å². The summed E-state index contributed by atoms with van der Waals surface area (Å²) in [6.07, 6.45) is 2.52. The highest BCUT2D eigenvalue weighted by Gasteiger charge is 2.44. The Morgan fingerprint density at radius 2 is 2.21 bits per heavy atom. The molecule has 0 aliphatic carbocycles. The summed E-state index contributed by atoms with van der Waals surface area (Å²) in [7, 11) is 0. The Balaban J connectivity index is 1.76. The van der Waals surface area contributed by atoms with Crippen LogP contribution in [0, 0.1) is 5.41 Å². The van der Waals surface area contributed by atoms with E-state index in [0.717, 1.165) is 6.42 Å². The third-order valence-corrected chi connectivity index (χ3v) is 5.04. The van der Waals surface area contributed by atoms with E-state index in [4.69, 9.17) is 4.74 Å². The summed E-state index contributed by atoms with van der Waals surface area (Å²) in [4.78, 5) is 28.8. The molecule has 0 aromatic carbocycles. The van der Waals surface area contributed by atoms with Gasteiger partial charge in [-0.3, -0.25) is 14.3 Å². The van der Waals surface area contributed by atoms with Crippen LogP contribution >= 0.6 is 0 Å². The van der Waals surface area contributed by atoms with E-state index < -0.39 is 0 Å². The minimum absolute atomic E-state index is 0.0119. The molecule has 3 rings (SSSR count). The Bertz CT molecular complexity index is 627. The molecular weight excluding hydrogens is 308 g/mol. The van der Waals surface area contributed by atoms with Crippen molar-refractivity contribution in [2.45, 2.75) is 39.8 Å². The third kappa shape index (κ3) is 3.05. The van der Waals surface area contributed by atoms with Crippen molar-refractivity contribution in [2.24, 2.45) is 5.41 Å². The van der Waals surface area contributed by atoms with Crippen molar-refractivity contribution >= 4 is 11.8 Å². The van der Waals surface area contributed by atoms with Crippen LogP contribution in [0.3, 0.4) is 0 Å². The number of rotatable bonds is 3. The molecule has 0 radical (unpaired) electrons. The number of ether oxygens (including phenoxy) is 1. The molecule has 0 bridgehead atoms. The summed E-state index contributed by atoms with van der Waals surface area (Å²) in [6, 6.07) is 1.91. The monoisotopic (exact) mass is 334 g/mol. The van der Waals surface area contributed by atoms with Crippen LogP contribution in [0.4, 0.5) is 0 Å². The number of hydrogen-bond acceptors (Lipinski definition) is 4. The van der Waals surface area contributed by atoms with Gasteiger partial charge in [0.15, 0.2) is 0 Å². The molecule has 24 heavy (non-hydrogen) atoms. The largest absolute Gasteiger partial charge is 0.371 e. The molecule has 1 aromatic heterocycles. The number of carbonyl (C=O) groups excluding carboxylic acids is 2. The lowest BCUT2D eigenvalue weighted by atomic mass is 9.87. The topological polar surface area (TPSA) is 67.7 Å². The normalized spacial score (nSPS) is 24.9. The van der Waals surface area contributed by atoms with Gasteiger partial charge in [-0.25, -0.2) is 0 Å². The van der Waals surface area contributed by atoms with Gasteiger partial charge in [-0.05, 0) is 33.3 Å². The second kappa shape index (κ2) is 6.55. The number of hydrogen-bond donors (Lipinski definition) is 0. The Kier molecular flexibility index (Phi) is 4.62. The fourth-order valence-corrected chi connectivity index (χ4v) is 3.69. The average Bonchev–Trinajstić information content (AvgIpc) is 3.15. The molecule has 2 aliphatic rings. The molecule has 7 heteroatoms. The van der Waals surface area contributed by atoms with Crippen LogP contribution in [-0.4, -0.2) is 70.3 Å². The molecular formula is C17H26N4O3. The first-order chi connectivity index (χ1) is 11.5. The van der Waals surface area contributed by atoms with Gasteiger partial charge in [0.2, 0.25) is 5.91 Å². The Labute approximate surface area is 142 Å². The summed E-state index contributed by atoms with van der Waals surface area (Å²) in [5.74, 6) is 0.0496. The molecule has 1 aromatic rings. The van der Waals surface area contributed by atoms with Crippen molar-refractivity contribution in [2.75, 3.05) is 32.8 Å². The van der Waals surface area contributed by atoms with Gasteiger partial charge in [0, 0.05) is 43.8 Å². The van der Waals surface area contributed by atoms with Crippen molar-refractivity contribution in [1.29, 1.82) is 0 Å². The van der Waals surface area contributed by atoms with E-state index in [-0.39, 0.29) is 29.9 Å². The molecule has 1 spiro atoms. The highest BCUT2D eigenvalue weighted by Crippen LogP contribution is 2.34. The van der Waals surface area contributed by atoms with Gasteiger partial charge >= 0.3 is 0 Å². The first-order valence-corrected chi connectivity index (χ1v) is 8.64. The summed E-state index contributed by atoms with van der Waals surface area (Å²) in [6.45, 7) is 9.32. The van der Waals surface area contributed by atoms with Crippen LogP contribution in [0.25, 0.3) is 0 Å². The lowest BCUT2D eigenvalue weighted by Gasteiger charge is -2.34. The van der Waals surface area contributed by atoms with Crippen molar-refractivity contribution in [1.82, 2.24) is 19.6 Å². The van der Waals surface area contributed by atoms with E-state index in [1.54, 1.807) is 16.9 Å². The molecule has 7 nitrogen and oxygen atoms in total. The Morgan fingerprint density at radius 3 is 2.92 bits per heavy atom. The summed E-state index contributed by atoms with van der Waals surface area (Å²) < 4.78 is 7.36. The maximum Gasteiger partial charge on any atom is 0.272 e. The molecule has 2 fully saturated rings. The molecule has 0 saturated carbocycles. The lowest BCUT2D eigenvalue weighted by molar-refractivity contribution is -0.135. The molecule has 132 valence electrons. The van der Waals surface area contributed by atoms with E-state index in [2.05, 4.69) is 5.10 Å². The Hall–Kier alpha value is -1.89. The van der Waals surface area contributed by atoms with Crippen LogP contribution < -0.4 is 0 Å². The fourth-order valence-electron chi connectivity index (χ4n) is 3.69. The van der Waals surface area contributed by atoms with E-state index in [1.165, 1.54) is 0 Å². The van der Waals surface area contributed by atoms with Gasteiger partial charge in [0.1, 0.15) is 12.3 Å². The number of aryl methyl sites for hydroxylation is 1. The zero-order chi connectivity index (χ0) is 17.3. The zero-order valence-electron chi connectivity index (χ0n) is 14.7. The van der Waals surface area contributed by atoms with Gasteiger partial charge in [-0.2, -0.15) is 5.10 Å². The molecule has 1 unspecified atom stereocenters. The maximum absolute atomic E-state index is 12.8. The highest BCUT2D eigenvalue weighted by molar-refractivity contribution is 5.92. The van der Waals surface area contributed by atoms with Crippen LogP contribution in [0.1, 0.15) is 37.7 Å². The van der Waals surface area contributed by atoms with Crippen LogP contribution in [0.15, 0.2) is 12.3 Å². The number of aromatic nitrogens is 2. The maximum atomic E-state index is 12.8. The molecule has 2 saturated heterocycles. The van der Waals surface area contributed by atoms with Crippen molar-refractivity contribution < 1.29 is 14.3 Å². The second-order valence-electron chi connectivity index (χ2n) is 7.12. The van der Waals surface area contributed by atoms with Gasteiger partial charge in [0.05, 0.1) is 6.61 Å². The van der Waals surface area contributed by atoms with E-state index in [1.807, 2.05) is 30.6 Å². The highest BCUT2D eigenvalue weighted by atomic mass is 16.5. The SMILES string of the molecule is CCn1nccc1C(=O)N1CCC2(COCC(=O)N(C(C)C)C2)C1. The number of amides is 2. The van der Waals surface area contributed by atoms with Crippen molar-refractivity contribution in [3.63, 3.8) is 0 Å². The standard InChI is InChI=1S/C17H26N4O3/c1-4-21-14(5-7-18-21)16(23)19-8-6-17(10-19)11-20(13(2)3)15(22)9-24-12-17/h5,7,13H,4,6,8-12H2,1-3H3. The molecule has 2 amide bonds. The Morgan fingerprint density at radius 1 is 1.42 bits per heavy atom. The average molecular weight is 334 g/mol. The van der Waals surface area contributed by atoms with Crippen molar-refractivity contribution in [3.05, 3.63) is 18.0 Å². The minimum atomic E-state index is -0.164. The number of likely N-dealkylation sites (tertiary alicyclic amines) is 1. The van der Waals surface area contributed by atoms with E-state index in [0.29, 0.717) is 38.5 Å². The number of carbonyl (C=O) groups is 2. The molecule has 3 heterocycles. The first kappa shape index (κ1) is 17.0. The van der Waals surface area contributed by atoms with Gasteiger partial charge < -0.3 is 14.5 Å². The summed E-state index contributed by atoms with van der Waals surface area (Å²) in [5.41, 5.74) is 0.462. The zero-order valence-corrected chi connectivity index (χ0v) is 14.7. The van der Waals surface area contributed by atoms with Gasteiger partial charge in [-0.1, -0.05) is 0 Å². The predicted molar refractivity (Wildman–Crippen MR) is 88.5 cm³/mol. The number of nitrogens with zero attached hydrogens (tertiary/aromatic N) is 4. The van der Waals surface area contributed by atoms with Crippen LogP contribution in [0.5, 0.6) is 0 Å². The second-order valence-corrected chi connectivity index (χ2v) is 7.12. The van der Waals surface area contributed by atoms with Gasteiger partial charge in [0.25, 0.3) is 5.91 Å².